The molecule has 0 radical (unpaired) electrons. The SMILES string of the molecule is I.S=C(NCc1ccccc1)SCCSCC(CSC(=S)NCc1ccccc1)SCCSC(=S)NCc1ccccc1.S=C=NCc1ccccc1.SCCSCC(CS)SCCS. The molecule has 356 valence electrons. The van der Waals surface area contributed by atoms with Gasteiger partial charge >= 0.3 is 0 Å². The Hall–Kier alpha value is 0.580. The number of nitrogens with one attached hydrogen (secondary N) is 3. The number of rotatable bonds is 27. The van der Waals surface area contributed by atoms with Crippen LogP contribution in [0.15, 0.2) is 126 Å². The smallest absolute Gasteiger partial charge is 0.134 e. The number of halogens is 1. The van der Waals surface area contributed by atoms with E-state index in [1.54, 1.807) is 35.3 Å². The Balaban J connectivity index is 0.000000748. The molecule has 0 aliphatic heterocycles. The van der Waals surface area contributed by atoms with Crippen LogP contribution >= 0.6 is 193 Å². The fourth-order valence-corrected chi connectivity index (χ4v) is 14.3. The van der Waals surface area contributed by atoms with Crippen LogP contribution < -0.4 is 16.0 Å². The number of aliphatic imine (C=N–C) groups is 1. The van der Waals surface area contributed by atoms with Crippen LogP contribution in [0.25, 0.3) is 0 Å². The summed E-state index contributed by atoms with van der Waals surface area (Å²) in [5.74, 6) is 12.6. The summed E-state index contributed by atoms with van der Waals surface area (Å²) in [6, 6.07) is 41.1. The van der Waals surface area contributed by atoms with Gasteiger partial charge < -0.3 is 16.0 Å². The third-order valence-electron chi connectivity index (χ3n) is 8.03. The monoisotopic (exact) mass is 1240 g/mol. The highest BCUT2D eigenvalue weighted by Crippen LogP contribution is 2.24. The zero-order valence-electron chi connectivity index (χ0n) is 36.2. The largest absolute Gasteiger partial charge is 0.367 e. The average Bonchev–Trinajstić information content (AvgIpc) is 3.34. The number of hydrogen-bond acceptors (Lipinski definition) is 15. The average molecular weight is 1250 g/mol. The molecule has 0 aromatic heterocycles. The van der Waals surface area contributed by atoms with E-state index in [0.29, 0.717) is 17.0 Å². The van der Waals surface area contributed by atoms with Gasteiger partial charge in [-0.2, -0.15) is 84.9 Å². The van der Waals surface area contributed by atoms with E-state index >= 15 is 0 Å². The van der Waals surface area contributed by atoms with Crippen molar-refractivity contribution in [3.8, 4) is 0 Å². The number of isothiocyanates is 1. The van der Waals surface area contributed by atoms with Crippen LogP contribution in [0.2, 0.25) is 0 Å². The molecule has 2 atom stereocenters. The van der Waals surface area contributed by atoms with Gasteiger partial charge in [0.25, 0.3) is 0 Å². The Labute approximate surface area is 475 Å². The van der Waals surface area contributed by atoms with Crippen molar-refractivity contribution in [2.75, 3.05) is 69.0 Å². The van der Waals surface area contributed by atoms with E-state index in [1.807, 2.05) is 95.6 Å². The highest BCUT2D eigenvalue weighted by Gasteiger charge is 2.13. The summed E-state index contributed by atoms with van der Waals surface area (Å²) in [6.45, 7) is 2.95. The fraction of sp³-hybridized carbons (Fsp3) is 0.391. The lowest BCUT2D eigenvalue weighted by molar-refractivity contribution is 0.939. The normalized spacial score (nSPS) is 11.1. The highest BCUT2D eigenvalue weighted by atomic mass is 127. The van der Waals surface area contributed by atoms with Crippen molar-refractivity contribution in [3.63, 3.8) is 0 Å². The van der Waals surface area contributed by atoms with Crippen LogP contribution in [0, 0.1) is 0 Å². The van der Waals surface area contributed by atoms with Gasteiger partial charge in [0.2, 0.25) is 0 Å². The molecule has 0 heterocycles. The Bertz CT molecular complexity index is 1820. The summed E-state index contributed by atoms with van der Waals surface area (Å²) in [6.07, 6.45) is 0. The van der Waals surface area contributed by atoms with Crippen molar-refractivity contribution in [2.24, 2.45) is 4.99 Å². The first kappa shape index (κ1) is 63.6. The molecule has 4 aromatic carbocycles. The zero-order chi connectivity index (χ0) is 46.1. The minimum Gasteiger partial charge on any atom is -0.367 e. The molecular weight excluding hydrogens is 1180 g/mol. The van der Waals surface area contributed by atoms with Crippen LogP contribution in [0.4, 0.5) is 0 Å². The Morgan fingerprint density at radius 3 is 1.34 bits per heavy atom. The van der Waals surface area contributed by atoms with E-state index in [9.17, 15) is 0 Å². The number of thiol groups is 3. The fourth-order valence-electron chi connectivity index (χ4n) is 4.89. The number of thiocarbonyl (C=S) groups is 4. The van der Waals surface area contributed by atoms with Crippen molar-refractivity contribution in [1.29, 1.82) is 0 Å². The second-order valence-electron chi connectivity index (χ2n) is 13.0. The topological polar surface area (TPSA) is 48.4 Å². The molecule has 2 unspecified atom stereocenters. The number of thioether (sulfide) groups is 7. The Morgan fingerprint density at radius 1 is 0.492 bits per heavy atom. The predicted octanol–water partition coefficient (Wildman–Crippen LogP) is 13.8. The summed E-state index contributed by atoms with van der Waals surface area (Å²) in [7, 11) is 0. The molecule has 65 heavy (non-hydrogen) atoms. The van der Waals surface area contributed by atoms with E-state index < -0.39 is 0 Å². The Kier molecular flexibility index (Phi) is 44.7. The number of hydrogen-bond donors (Lipinski definition) is 6. The van der Waals surface area contributed by atoms with E-state index in [0.717, 1.165) is 95.9 Å². The van der Waals surface area contributed by atoms with Crippen molar-refractivity contribution >= 4 is 211 Å². The molecule has 0 amide bonds. The molecule has 0 fully saturated rings. The van der Waals surface area contributed by atoms with E-state index in [2.05, 4.69) is 149 Å². The second kappa shape index (κ2) is 45.7. The molecule has 0 bridgehead atoms. The van der Waals surface area contributed by atoms with Crippen LogP contribution in [0.1, 0.15) is 22.3 Å². The first-order chi connectivity index (χ1) is 31.4. The second-order valence-corrected chi connectivity index (χ2v) is 24.8. The lowest BCUT2D eigenvalue weighted by atomic mass is 10.2. The molecule has 19 heteroatoms. The third kappa shape index (κ3) is 37.1. The van der Waals surface area contributed by atoms with Gasteiger partial charge in [-0.25, -0.2) is 4.99 Å². The van der Waals surface area contributed by atoms with E-state index in [4.69, 9.17) is 36.7 Å². The molecule has 4 nitrogen and oxygen atoms in total. The van der Waals surface area contributed by atoms with Crippen LogP contribution in [-0.2, 0) is 26.2 Å². The Morgan fingerprint density at radius 2 is 0.892 bits per heavy atom. The summed E-state index contributed by atoms with van der Waals surface area (Å²) in [5, 5.41) is 13.6. The van der Waals surface area contributed by atoms with Gasteiger partial charge in [-0.1, -0.05) is 193 Å². The molecule has 0 aliphatic carbocycles. The summed E-state index contributed by atoms with van der Waals surface area (Å²) in [5.41, 5.74) is 4.89. The zero-order valence-corrected chi connectivity index (χ0v) is 50.2. The maximum absolute atomic E-state index is 5.64. The predicted molar refractivity (Wildman–Crippen MR) is 344 cm³/mol. The van der Waals surface area contributed by atoms with Gasteiger partial charge in [0.1, 0.15) is 13.0 Å². The minimum absolute atomic E-state index is 0. The maximum Gasteiger partial charge on any atom is 0.134 e. The molecular formula is C46H61IN4S14. The number of nitrogens with zero attached hydrogens (tertiary/aromatic N) is 1. The van der Waals surface area contributed by atoms with Crippen molar-refractivity contribution in [3.05, 3.63) is 144 Å². The van der Waals surface area contributed by atoms with Crippen molar-refractivity contribution in [2.45, 2.75) is 36.7 Å². The van der Waals surface area contributed by atoms with Gasteiger partial charge in [0, 0.05) is 87.7 Å². The molecule has 0 saturated heterocycles. The molecule has 4 aromatic rings. The van der Waals surface area contributed by atoms with Gasteiger partial charge in [0.15, 0.2) is 0 Å². The molecule has 0 saturated carbocycles. The first-order valence-corrected chi connectivity index (χ1v) is 31.4. The summed E-state index contributed by atoms with van der Waals surface area (Å²) in [4.78, 5) is 3.81. The van der Waals surface area contributed by atoms with Crippen LogP contribution in [-0.4, -0.2) is 97.7 Å². The van der Waals surface area contributed by atoms with Gasteiger partial charge in [-0.05, 0) is 46.0 Å². The summed E-state index contributed by atoms with van der Waals surface area (Å²) >= 11 is 47.0. The lowest BCUT2D eigenvalue weighted by Crippen LogP contribution is -2.21. The highest BCUT2D eigenvalue weighted by molar-refractivity contribution is 14.0. The molecule has 0 aliphatic rings. The minimum atomic E-state index is 0. The summed E-state index contributed by atoms with van der Waals surface area (Å²) < 4.78 is 2.59. The van der Waals surface area contributed by atoms with Crippen molar-refractivity contribution < 1.29 is 0 Å². The van der Waals surface area contributed by atoms with Gasteiger partial charge in [-0.15, -0.1) is 24.0 Å². The molecule has 0 spiro atoms. The van der Waals surface area contributed by atoms with Crippen LogP contribution in [0.5, 0.6) is 0 Å². The molecule has 4 rings (SSSR count). The standard InChI is InChI=1S/C31H37N3S8.C8H7NS.C7H16S5.HI/c35-29(32-20-25-10-4-1-5-11-25)40-17-16-38-23-28(24-42-31(37)34-22-27-14-8-3-9-15-27)39-18-19-41-30(36)33-21-26-12-6-2-7-13-26;10-7-9-6-8-4-2-1-3-5-8;8-1-3-11-6-7(5-10)12-4-2-9;/h1-15,28H,16-24H2,(H,32,35)(H,33,36)(H,34,37);1-5H,6H2;7-10H,1-6H2;1H. The maximum atomic E-state index is 5.64. The number of benzene rings is 4. The first-order valence-electron chi connectivity index (χ1n) is 20.5. The lowest BCUT2D eigenvalue weighted by Gasteiger charge is -2.17. The van der Waals surface area contributed by atoms with Crippen molar-refractivity contribution in [1.82, 2.24) is 16.0 Å². The van der Waals surface area contributed by atoms with E-state index in [-0.39, 0.29) is 24.0 Å². The van der Waals surface area contributed by atoms with Gasteiger partial charge in [0.05, 0.1) is 11.7 Å². The van der Waals surface area contributed by atoms with Gasteiger partial charge in [-0.3, -0.25) is 0 Å². The quantitative estimate of drug-likeness (QED) is 0.0113. The molecule has 3 N–H and O–H groups in total. The van der Waals surface area contributed by atoms with Crippen LogP contribution in [0.3, 0.4) is 0 Å². The third-order valence-corrected chi connectivity index (χ3v) is 19.9. The van der Waals surface area contributed by atoms with E-state index in [1.165, 1.54) is 28.0 Å².